The zero-order chi connectivity index (χ0) is 19.8. The monoisotopic (exact) mass is 371 g/mol. The van der Waals surface area contributed by atoms with E-state index in [1.54, 1.807) is 24.3 Å². The fourth-order valence-corrected chi connectivity index (χ4v) is 2.57. The van der Waals surface area contributed by atoms with E-state index in [2.05, 4.69) is 11.9 Å². The van der Waals surface area contributed by atoms with Gasteiger partial charge in [0.15, 0.2) is 5.78 Å². The highest BCUT2D eigenvalue weighted by Crippen LogP contribution is 2.27. The Morgan fingerprint density at radius 1 is 1.41 bits per heavy atom. The molecule has 2 N–H and O–H groups in total. The van der Waals surface area contributed by atoms with Crippen molar-refractivity contribution < 1.29 is 23.8 Å². The number of ether oxygens (including phenoxy) is 1. The number of carbonyl (C=O) groups is 2. The largest absolute Gasteiger partial charge is 0.494 e. The van der Waals surface area contributed by atoms with E-state index in [1.165, 1.54) is 6.08 Å². The summed E-state index contributed by atoms with van der Waals surface area (Å²) in [4.78, 5) is 24.4. The maximum absolute atomic E-state index is 14.6. The van der Waals surface area contributed by atoms with E-state index >= 15 is 0 Å². The second kappa shape index (κ2) is 9.52. The minimum atomic E-state index is -1.26. The van der Waals surface area contributed by atoms with E-state index in [4.69, 9.17) is 4.74 Å². The van der Waals surface area contributed by atoms with Crippen LogP contribution in [0.4, 0.5) is 4.39 Å². The Hall–Kier alpha value is -3.15. The molecule has 0 saturated heterocycles. The van der Waals surface area contributed by atoms with Gasteiger partial charge in [0.05, 0.1) is 17.8 Å². The molecule has 1 aliphatic carbocycles. The van der Waals surface area contributed by atoms with Crippen LogP contribution in [-0.2, 0) is 14.3 Å². The first-order valence-corrected chi connectivity index (χ1v) is 8.64. The van der Waals surface area contributed by atoms with Gasteiger partial charge in [-0.1, -0.05) is 43.9 Å². The van der Waals surface area contributed by atoms with Gasteiger partial charge in [0.25, 0.3) is 0 Å². The molecular weight excluding hydrogens is 349 g/mol. The van der Waals surface area contributed by atoms with Crippen molar-refractivity contribution in [1.29, 1.82) is 0 Å². The number of nitrogens with one attached hydrogen (secondary N) is 1. The fourth-order valence-electron chi connectivity index (χ4n) is 2.57. The van der Waals surface area contributed by atoms with Gasteiger partial charge in [-0.25, -0.2) is 9.18 Å². The molecule has 0 spiro atoms. The molecule has 142 valence electrons. The average molecular weight is 371 g/mol. The van der Waals surface area contributed by atoms with Crippen molar-refractivity contribution in [2.45, 2.75) is 19.8 Å². The Labute approximate surface area is 157 Å². The van der Waals surface area contributed by atoms with Gasteiger partial charge in [-0.15, -0.1) is 0 Å². The third-order valence-corrected chi connectivity index (χ3v) is 3.89. The topological polar surface area (TPSA) is 75.6 Å². The normalized spacial score (nSPS) is 18.9. The second-order valence-corrected chi connectivity index (χ2v) is 5.89. The molecule has 0 aromatic heterocycles. The molecular formula is C21H22FNO4. The predicted molar refractivity (Wildman–Crippen MR) is 101 cm³/mol. The van der Waals surface area contributed by atoms with Gasteiger partial charge >= 0.3 is 5.97 Å². The van der Waals surface area contributed by atoms with E-state index in [0.29, 0.717) is 18.6 Å². The van der Waals surface area contributed by atoms with Crippen molar-refractivity contribution >= 4 is 11.8 Å². The summed E-state index contributed by atoms with van der Waals surface area (Å²) in [6.07, 6.45) is 12.5. The Morgan fingerprint density at radius 3 is 2.89 bits per heavy atom. The smallest absolute Gasteiger partial charge is 0.352 e. The number of carboxylic acid groups (broad SMARTS) is 1. The highest BCUT2D eigenvalue weighted by Gasteiger charge is 2.31. The number of carboxylic acids is 1. The van der Waals surface area contributed by atoms with Crippen molar-refractivity contribution in [2.75, 3.05) is 13.2 Å². The van der Waals surface area contributed by atoms with E-state index in [0.717, 1.165) is 12.5 Å². The summed E-state index contributed by atoms with van der Waals surface area (Å²) in [6.45, 7) is 5.84. The van der Waals surface area contributed by atoms with Crippen molar-refractivity contribution in [1.82, 2.24) is 5.32 Å². The van der Waals surface area contributed by atoms with E-state index in [-0.39, 0.29) is 29.1 Å². The van der Waals surface area contributed by atoms with Crippen LogP contribution in [0.2, 0.25) is 0 Å². The number of hydrogen-bond acceptors (Lipinski definition) is 4. The minimum absolute atomic E-state index is 0.0479. The van der Waals surface area contributed by atoms with Crippen molar-refractivity contribution in [3.8, 4) is 0 Å². The molecule has 0 aromatic carbocycles. The average Bonchev–Trinajstić information content (AvgIpc) is 2.93. The molecule has 2 aliphatic rings. The lowest BCUT2D eigenvalue weighted by molar-refractivity contribution is -0.133. The molecule has 0 amide bonds. The first kappa shape index (κ1) is 20.2. The van der Waals surface area contributed by atoms with Gasteiger partial charge in [-0.05, 0) is 30.6 Å². The lowest BCUT2D eigenvalue weighted by Gasteiger charge is -2.22. The van der Waals surface area contributed by atoms with Crippen LogP contribution in [0.5, 0.6) is 0 Å². The molecule has 1 aliphatic heterocycles. The fraction of sp³-hybridized carbons (Fsp3) is 0.238. The SMILES string of the molecule is C=C(/C=C\C(F)=C1/CNC(C(=O)O)=C(C2=CCC=CC=C2)C1=O)OCCC. The van der Waals surface area contributed by atoms with Crippen LogP contribution in [0.25, 0.3) is 0 Å². The molecule has 0 bridgehead atoms. The maximum Gasteiger partial charge on any atom is 0.352 e. The molecule has 0 radical (unpaired) electrons. The third kappa shape index (κ3) is 5.17. The molecule has 0 unspecified atom stereocenters. The van der Waals surface area contributed by atoms with Crippen molar-refractivity contribution in [3.63, 3.8) is 0 Å². The van der Waals surface area contributed by atoms with E-state index in [9.17, 15) is 19.1 Å². The number of allylic oxidation sites excluding steroid dienone is 10. The van der Waals surface area contributed by atoms with Crippen molar-refractivity contribution in [2.24, 2.45) is 0 Å². The molecule has 1 heterocycles. The molecule has 0 aromatic rings. The summed E-state index contributed by atoms with van der Waals surface area (Å²) >= 11 is 0. The zero-order valence-electron chi connectivity index (χ0n) is 15.1. The van der Waals surface area contributed by atoms with Crippen LogP contribution >= 0.6 is 0 Å². The highest BCUT2D eigenvalue weighted by molar-refractivity contribution is 6.17. The van der Waals surface area contributed by atoms with E-state index in [1.807, 2.05) is 13.0 Å². The second-order valence-electron chi connectivity index (χ2n) is 5.89. The van der Waals surface area contributed by atoms with Crippen molar-refractivity contribution in [3.05, 3.63) is 83.1 Å². The first-order chi connectivity index (χ1) is 13.0. The number of carbonyl (C=O) groups excluding carboxylic acids is 1. The number of aliphatic carboxylic acids is 1. The lowest BCUT2D eigenvalue weighted by atomic mass is 9.90. The Morgan fingerprint density at radius 2 is 2.19 bits per heavy atom. The summed E-state index contributed by atoms with van der Waals surface area (Å²) in [7, 11) is 0. The van der Waals surface area contributed by atoms with Crippen LogP contribution in [0.3, 0.4) is 0 Å². The summed E-state index contributed by atoms with van der Waals surface area (Å²) in [5.41, 5.74) is 0.0305. The quantitative estimate of drug-likeness (QED) is 0.406. The summed E-state index contributed by atoms with van der Waals surface area (Å²) < 4.78 is 19.8. The van der Waals surface area contributed by atoms with Gasteiger partial charge in [0, 0.05) is 6.54 Å². The Bertz CT molecular complexity index is 825. The minimum Gasteiger partial charge on any atom is -0.494 e. The van der Waals surface area contributed by atoms with Gasteiger partial charge in [-0.3, -0.25) is 4.79 Å². The number of Topliss-reactive ketones (excluding diaryl/α,β-unsaturated/α-hetero) is 1. The summed E-state index contributed by atoms with van der Waals surface area (Å²) in [5.74, 6) is -2.38. The van der Waals surface area contributed by atoms with Crippen LogP contribution in [-0.4, -0.2) is 30.0 Å². The maximum atomic E-state index is 14.6. The molecule has 5 nitrogen and oxygen atoms in total. The first-order valence-electron chi connectivity index (χ1n) is 8.64. The zero-order valence-corrected chi connectivity index (χ0v) is 15.1. The molecule has 0 saturated carbocycles. The van der Waals surface area contributed by atoms with Gasteiger partial charge in [-0.2, -0.15) is 0 Å². The summed E-state index contributed by atoms with van der Waals surface area (Å²) in [6, 6.07) is 0. The van der Waals surface area contributed by atoms with Crippen LogP contribution in [0.15, 0.2) is 83.1 Å². The predicted octanol–water partition coefficient (Wildman–Crippen LogP) is 3.66. The van der Waals surface area contributed by atoms with Crippen LogP contribution in [0.1, 0.15) is 19.8 Å². The third-order valence-electron chi connectivity index (χ3n) is 3.89. The number of rotatable bonds is 7. The number of ketones is 1. The molecule has 6 heteroatoms. The van der Waals surface area contributed by atoms with Gasteiger partial charge in [0.1, 0.15) is 17.3 Å². The standard InChI is InChI=1S/C21H22FNO4/c1-3-12-27-14(2)10-11-17(22)16-13-23-19(21(25)26)18(20(16)24)15-8-6-4-5-7-9-15/h4-6,8-11,23H,2-3,7,12-13H2,1H3,(H,25,26)/b11-10-,17-16-. The molecule has 27 heavy (non-hydrogen) atoms. The lowest BCUT2D eigenvalue weighted by Crippen LogP contribution is -2.35. The van der Waals surface area contributed by atoms with Crippen LogP contribution < -0.4 is 5.32 Å². The van der Waals surface area contributed by atoms with Crippen LogP contribution in [0, 0.1) is 0 Å². The Balaban J connectivity index is 2.36. The number of halogens is 1. The molecule has 0 atom stereocenters. The molecule has 2 rings (SSSR count). The number of hydrogen-bond donors (Lipinski definition) is 2. The summed E-state index contributed by atoms with van der Waals surface area (Å²) in [5, 5.41) is 12.1. The molecule has 0 fully saturated rings. The van der Waals surface area contributed by atoms with Gasteiger partial charge in [0.2, 0.25) is 0 Å². The van der Waals surface area contributed by atoms with E-state index < -0.39 is 17.6 Å². The highest BCUT2D eigenvalue weighted by atomic mass is 19.1. The van der Waals surface area contributed by atoms with Gasteiger partial charge < -0.3 is 15.2 Å². The Kier molecular flexibility index (Phi) is 7.11.